The standard InChI is InChI=1S/C20H24N2O2/c1-15-12-17(6-9-21-15)14-22-10-7-16(8-11-22)13-18-4-2-3-5-19(18)20(23)24/h2-6,9,12,16H,7-8,10-11,13-14H2,1H3,(H,23,24). The molecule has 1 N–H and O–H groups in total. The molecule has 0 spiro atoms. The summed E-state index contributed by atoms with van der Waals surface area (Å²) < 4.78 is 0. The first-order valence-corrected chi connectivity index (χ1v) is 8.57. The van der Waals surface area contributed by atoms with E-state index in [1.54, 1.807) is 12.1 Å². The lowest BCUT2D eigenvalue weighted by molar-refractivity contribution is 0.0695. The van der Waals surface area contributed by atoms with Crippen LogP contribution in [0.25, 0.3) is 0 Å². The molecule has 1 aliphatic rings. The summed E-state index contributed by atoms with van der Waals surface area (Å²) in [6.07, 6.45) is 4.99. The Kier molecular flexibility index (Phi) is 5.26. The Morgan fingerprint density at radius 3 is 2.71 bits per heavy atom. The summed E-state index contributed by atoms with van der Waals surface area (Å²) in [5, 5.41) is 9.31. The Labute approximate surface area is 143 Å². The Morgan fingerprint density at radius 2 is 2.00 bits per heavy atom. The second-order valence-corrected chi connectivity index (χ2v) is 6.69. The van der Waals surface area contributed by atoms with E-state index in [1.165, 1.54) is 5.56 Å². The third-order valence-corrected chi connectivity index (χ3v) is 4.83. The lowest BCUT2D eigenvalue weighted by Crippen LogP contribution is -2.34. The maximum absolute atomic E-state index is 11.3. The zero-order valence-electron chi connectivity index (χ0n) is 14.1. The van der Waals surface area contributed by atoms with Crippen molar-refractivity contribution in [1.29, 1.82) is 0 Å². The molecule has 1 fully saturated rings. The van der Waals surface area contributed by atoms with Crippen molar-refractivity contribution in [3.63, 3.8) is 0 Å². The van der Waals surface area contributed by atoms with Crippen molar-refractivity contribution in [1.82, 2.24) is 9.88 Å². The Morgan fingerprint density at radius 1 is 1.25 bits per heavy atom. The first kappa shape index (κ1) is 16.7. The fourth-order valence-electron chi connectivity index (χ4n) is 3.53. The minimum atomic E-state index is -0.823. The van der Waals surface area contributed by atoms with Gasteiger partial charge in [0.15, 0.2) is 0 Å². The Bertz CT molecular complexity index is 706. The van der Waals surface area contributed by atoms with Gasteiger partial charge in [-0.05, 0) is 74.5 Å². The van der Waals surface area contributed by atoms with E-state index in [4.69, 9.17) is 0 Å². The minimum Gasteiger partial charge on any atom is -0.478 e. The summed E-state index contributed by atoms with van der Waals surface area (Å²) in [5.41, 5.74) is 3.80. The van der Waals surface area contributed by atoms with E-state index in [-0.39, 0.29) is 0 Å². The third-order valence-electron chi connectivity index (χ3n) is 4.83. The number of hydrogen-bond donors (Lipinski definition) is 1. The number of likely N-dealkylation sites (tertiary alicyclic amines) is 1. The number of hydrogen-bond acceptors (Lipinski definition) is 3. The summed E-state index contributed by atoms with van der Waals surface area (Å²) in [6, 6.07) is 11.6. The molecule has 24 heavy (non-hydrogen) atoms. The second-order valence-electron chi connectivity index (χ2n) is 6.69. The van der Waals surface area contributed by atoms with E-state index in [0.717, 1.165) is 50.2 Å². The highest BCUT2D eigenvalue weighted by Crippen LogP contribution is 2.24. The molecule has 2 aromatic rings. The smallest absolute Gasteiger partial charge is 0.335 e. The molecule has 0 radical (unpaired) electrons. The van der Waals surface area contributed by atoms with E-state index in [2.05, 4.69) is 22.0 Å². The number of pyridine rings is 1. The Hall–Kier alpha value is -2.20. The van der Waals surface area contributed by atoms with Gasteiger partial charge in [0, 0.05) is 18.4 Å². The molecular weight excluding hydrogens is 300 g/mol. The van der Waals surface area contributed by atoms with Gasteiger partial charge in [-0.2, -0.15) is 0 Å². The van der Waals surface area contributed by atoms with Crippen LogP contribution in [0.15, 0.2) is 42.6 Å². The van der Waals surface area contributed by atoms with Crippen LogP contribution in [0.3, 0.4) is 0 Å². The van der Waals surface area contributed by atoms with Crippen molar-refractivity contribution in [2.45, 2.75) is 32.7 Å². The highest BCUT2D eigenvalue weighted by atomic mass is 16.4. The van der Waals surface area contributed by atoms with Gasteiger partial charge in [0.2, 0.25) is 0 Å². The monoisotopic (exact) mass is 324 g/mol. The molecule has 126 valence electrons. The van der Waals surface area contributed by atoms with Gasteiger partial charge >= 0.3 is 5.97 Å². The molecule has 0 unspecified atom stereocenters. The van der Waals surface area contributed by atoms with E-state index in [9.17, 15) is 9.90 Å². The van der Waals surface area contributed by atoms with Crippen LogP contribution < -0.4 is 0 Å². The van der Waals surface area contributed by atoms with E-state index < -0.39 is 5.97 Å². The Balaban J connectivity index is 1.55. The first-order valence-electron chi connectivity index (χ1n) is 8.57. The molecule has 0 aliphatic carbocycles. The molecule has 1 aromatic carbocycles. The van der Waals surface area contributed by atoms with Crippen LogP contribution in [0.5, 0.6) is 0 Å². The van der Waals surface area contributed by atoms with Crippen LogP contribution in [0, 0.1) is 12.8 Å². The number of aromatic carboxylic acids is 1. The largest absolute Gasteiger partial charge is 0.478 e. The molecule has 4 nitrogen and oxygen atoms in total. The van der Waals surface area contributed by atoms with Crippen LogP contribution >= 0.6 is 0 Å². The van der Waals surface area contributed by atoms with Gasteiger partial charge in [-0.3, -0.25) is 9.88 Å². The van der Waals surface area contributed by atoms with Crippen molar-refractivity contribution < 1.29 is 9.90 Å². The minimum absolute atomic E-state index is 0.451. The van der Waals surface area contributed by atoms with Gasteiger partial charge in [0.25, 0.3) is 0 Å². The van der Waals surface area contributed by atoms with Crippen molar-refractivity contribution in [3.8, 4) is 0 Å². The number of carboxylic acids is 1. The average Bonchev–Trinajstić information content (AvgIpc) is 2.57. The average molecular weight is 324 g/mol. The van der Waals surface area contributed by atoms with Crippen LogP contribution in [0.1, 0.15) is 40.0 Å². The number of rotatable bonds is 5. The number of nitrogens with zero attached hydrogens (tertiary/aromatic N) is 2. The maximum Gasteiger partial charge on any atom is 0.335 e. The molecule has 1 aliphatic heterocycles. The zero-order chi connectivity index (χ0) is 16.9. The second kappa shape index (κ2) is 7.58. The number of aromatic nitrogens is 1. The molecule has 1 saturated heterocycles. The van der Waals surface area contributed by atoms with E-state index in [1.807, 2.05) is 25.3 Å². The number of carbonyl (C=O) groups is 1. The lowest BCUT2D eigenvalue weighted by atomic mass is 9.88. The fourth-order valence-corrected chi connectivity index (χ4v) is 3.53. The molecule has 0 bridgehead atoms. The first-order chi connectivity index (χ1) is 11.6. The normalized spacial score (nSPS) is 16.2. The molecule has 2 heterocycles. The van der Waals surface area contributed by atoms with Gasteiger partial charge in [-0.15, -0.1) is 0 Å². The zero-order valence-corrected chi connectivity index (χ0v) is 14.1. The van der Waals surface area contributed by atoms with Crippen molar-refractivity contribution in [3.05, 3.63) is 65.0 Å². The molecular formula is C20H24N2O2. The summed E-state index contributed by atoms with van der Waals surface area (Å²) in [6.45, 7) is 5.14. The van der Waals surface area contributed by atoms with Gasteiger partial charge in [0.05, 0.1) is 5.56 Å². The number of carboxylic acid groups (broad SMARTS) is 1. The molecule has 0 atom stereocenters. The topological polar surface area (TPSA) is 53.4 Å². The van der Waals surface area contributed by atoms with Crippen LogP contribution in [0.4, 0.5) is 0 Å². The molecule has 0 saturated carbocycles. The summed E-state index contributed by atoms with van der Waals surface area (Å²) in [7, 11) is 0. The van der Waals surface area contributed by atoms with Crippen molar-refractivity contribution in [2.24, 2.45) is 5.92 Å². The van der Waals surface area contributed by atoms with E-state index >= 15 is 0 Å². The number of benzene rings is 1. The van der Waals surface area contributed by atoms with Crippen molar-refractivity contribution in [2.75, 3.05) is 13.1 Å². The quantitative estimate of drug-likeness (QED) is 0.914. The highest BCUT2D eigenvalue weighted by molar-refractivity contribution is 5.89. The molecule has 0 amide bonds. The molecule has 3 rings (SSSR count). The van der Waals surface area contributed by atoms with Gasteiger partial charge in [-0.1, -0.05) is 18.2 Å². The number of piperidine rings is 1. The van der Waals surface area contributed by atoms with Crippen LogP contribution in [-0.4, -0.2) is 34.0 Å². The SMILES string of the molecule is Cc1cc(CN2CCC(Cc3ccccc3C(=O)O)CC2)ccn1. The summed E-state index contributed by atoms with van der Waals surface area (Å²) in [5.74, 6) is -0.253. The summed E-state index contributed by atoms with van der Waals surface area (Å²) in [4.78, 5) is 18.1. The number of aryl methyl sites for hydroxylation is 1. The predicted molar refractivity (Wildman–Crippen MR) is 94.1 cm³/mol. The van der Waals surface area contributed by atoms with Crippen LogP contribution in [-0.2, 0) is 13.0 Å². The molecule has 4 heteroatoms. The maximum atomic E-state index is 11.3. The highest BCUT2D eigenvalue weighted by Gasteiger charge is 2.21. The predicted octanol–water partition coefficient (Wildman–Crippen LogP) is 3.54. The summed E-state index contributed by atoms with van der Waals surface area (Å²) >= 11 is 0. The van der Waals surface area contributed by atoms with Gasteiger partial charge < -0.3 is 5.11 Å². The van der Waals surface area contributed by atoms with Gasteiger partial charge in [0.1, 0.15) is 0 Å². The van der Waals surface area contributed by atoms with Gasteiger partial charge in [-0.25, -0.2) is 4.79 Å². The lowest BCUT2D eigenvalue weighted by Gasteiger charge is -2.32. The van der Waals surface area contributed by atoms with Crippen molar-refractivity contribution >= 4 is 5.97 Å². The van der Waals surface area contributed by atoms with E-state index in [0.29, 0.717) is 11.5 Å². The van der Waals surface area contributed by atoms with Crippen LogP contribution in [0.2, 0.25) is 0 Å². The molecule has 1 aromatic heterocycles. The fraction of sp³-hybridized carbons (Fsp3) is 0.400. The third kappa shape index (κ3) is 4.20.